The van der Waals surface area contributed by atoms with Crippen LogP contribution >= 0.6 is 0 Å². The van der Waals surface area contributed by atoms with Crippen LogP contribution in [0.5, 0.6) is 11.5 Å². The normalized spacial score (nSPS) is 31.5. The Morgan fingerprint density at radius 3 is 2.59 bits per heavy atom. The summed E-state index contributed by atoms with van der Waals surface area (Å²) in [5, 5.41) is 3.57. The van der Waals surface area contributed by atoms with E-state index in [1.807, 2.05) is 6.07 Å². The predicted molar refractivity (Wildman–Crippen MR) is 66.8 cm³/mol. The van der Waals surface area contributed by atoms with Gasteiger partial charge in [-0.15, -0.1) is 0 Å². The monoisotopic (exact) mass is 233 g/mol. The highest BCUT2D eigenvalue weighted by Gasteiger charge is 2.29. The Hall–Kier alpha value is -1.22. The first-order valence-corrected chi connectivity index (χ1v) is 6.39. The minimum Gasteiger partial charge on any atom is -0.486 e. The maximum absolute atomic E-state index is 5.64. The molecule has 3 rings (SSSR count). The van der Waals surface area contributed by atoms with E-state index >= 15 is 0 Å². The number of hydrogen-bond donors (Lipinski definition) is 1. The van der Waals surface area contributed by atoms with Gasteiger partial charge in [0, 0.05) is 18.0 Å². The summed E-state index contributed by atoms with van der Waals surface area (Å²) in [6.07, 6.45) is 1.20. The van der Waals surface area contributed by atoms with Gasteiger partial charge in [0.15, 0.2) is 11.5 Å². The maximum Gasteiger partial charge on any atom is 0.161 e. The molecule has 3 nitrogen and oxygen atoms in total. The molecule has 1 fully saturated rings. The molecule has 1 N–H and O–H groups in total. The largest absolute Gasteiger partial charge is 0.486 e. The Balaban J connectivity index is 1.88. The summed E-state index contributed by atoms with van der Waals surface area (Å²) < 4.78 is 11.2. The van der Waals surface area contributed by atoms with Crippen molar-refractivity contribution in [2.75, 3.05) is 13.2 Å². The highest BCUT2D eigenvalue weighted by molar-refractivity contribution is 5.45. The van der Waals surface area contributed by atoms with Crippen molar-refractivity contribution in [2.24, 2.45) is 0 Å². The van der Waals surface area contributed by atoms with Gasteiger partial charge in [-0.2, -0.15) is 0 Å². The first-order chi connectivity index (χ1) is 8.24. The lowest BCUT2D eigenvalue weighted by molar-refractivity contribution is 0.171. The molecule has 0 amide bonds. The van der Waals surface area contributed by atoms with E-state index in [9.17, 15) is 0 Å². The summed E-state index contributed by atoms with van der Waals surface area (Å²) in [4.78, 5) is 0. The molecular formula is C14H19NO2. The summed E-state index contributed by atoms with van der Waals surface area (Å²) in [6, 6.07) is 7.50. The van der Waals surface area contributed by atoms with Crippen LogP contribution in [-0.2, 0) is 0 Å². The third-order valence-corrected chi connectivity index (χ3v) is 3.75. The van der Waals surface area contributed by atoms with Crippen LogP contribution in [0.15, 0.2) is 18.2 Å². The Labute approximate surface area is 102 Å². The lowest BCUT2D eigenvalue weighted by atomic mass is 9.91. The molecule has 2 heterocycles. The molecule has 1 aromatic carbocycles. The number of nitrogens with one attached hydrogen (secondary N) is 1. The lowest BCUT2D eigenvalue weighted by Gasteiger charge is -2.21. The van der Waals surface area contributed by atoms with Crippen LogP contribution < -0.4 is 14.8 Å². The first kappa shape index (κ1) is 10.9. The molecule has 17 heavy (non-hydrogen) atoms. The van der Waals surface area contributed by atoms with Gasteiger partial charge < -0.3 is 14.8 Å². The highest BCUT2D eigenvalue weighted by Crippen LogP contribution is 2.37. The van der Waals surface area contributed by atoms with Crippen LogP contribution in [0.1, 0.15) is 31.7 Å². The fourth-order valence-corrected chi connectivity index (χ4v) is 2.93. The molecule has 0 aromatic heterocycles. The molecule has 0 spiro atoms. The summed E-state index contributed by atoms with van der Waals surface area (Å²) in [7, 11) is 0. The fraction of sp³-hybridized carbons (Fsp3) is 0.571. The van der Waals surface area contributed by atoms with Gasteiger partial charge in [-0.1, -0.05) is 6.07 Å². The molecule has 92 valence electrons. The molecule has 3 atom stereocenters. The Kier molecular flexibility index (Phi) is 2.71. The van der Waals surface area contributed by atoms with Crippen LogP contribution in [0, 0.1) is 0 Å². The van der Waals surface area contributed by atoms with Gasteiger partial charge in [0.05, 0.1) is 0 Å². The minimum absolute atomic E-state index is 0.535. The third kappa shape index (κ3) is 2.00. The molecule has 0 bridgehead atoms. The van der Waals surface area contributed by atoms with E-state index in [-0.39, 0.29) is 0 Å². The van der Waals surface area contributed by atoms with Gasteiger partial charge in [-0.25, -0.2) is 0 Å². The topological polar surface area (TPSA) is 30.5 Å². The zero-order valence-electron chi connectivity index (χ0n) is 10.4. The quantitative estimate of drug-likeness (QED) is 0.807. The summed E-state index contributed by atoms with van der Waals surface area (Å²) in [6.45, 7) is 5.82. The van der Waals surface area contributed by atoms with Gasteiger partial charge in [0.25, 0.3) is 0 Å². The maximum atomic E-state index is 5.64. The van der Waals surface area contributed by atoms with Crippen LogP contribution in [0.25, 0.3) is 0 Å². The molecule has 1 saturated heterocycles. The van der Waals surface area contributed by atoms with Crippen LogP contribution in [0.2, 0.25) is 0 Å². The molecule has 3 unspecified atom stereocenters. The molecule has 2 aliphatic rings. The average molecular weight is 233 g/mol. The summed E-state index contributed by atoms with van der Waals surface area (Å²) in [5.41, 5.74) is 1.36. The average Bonchev–Trinajstić information content (AvgIpc) is 2.68. The van der Waals surface area contributed by atoms with Crippen molar-refractivity contribution in [1.29, 1.82) is 0 Å². The Morgan fingerprint density at radius 1 is 1.12 bits per heavy atom. The predicted octanol–water partition coefficient (Wildman–Crippen LogP) is 2.31. The SMILES string of the molecule is CC1CC(c2ccc3c(c2)OCCO3)C(C)N1. The van der Waals surface area contributed by atoms with Crippen molar-refractivity contribution in [3.8, 4) is 11.5 Å². The second-order valence-electron chi connectivity index (χ2n) is 5.10. The molecule has 0 aliphatic carbocycles. The van der Waals surface area contributed by atoms with Crippen molar-refractivity contribution in [3.63, 3.8) is 0 Å². The van der Waals surface area contributed by atoms with E-state index in [4.69, 9.17) is 9.47 Å². The van der Waals surface area contributed by atoms with Gasteiger partial charge in [0.2, 0.25) is 0 Å². The van der Waals surface area contributed by atoms with E-state index in [0.29, 0.717) is 31.2 Å². The molecule has 3 heteroatoms. The van der Waals surface area contributed by atoms with E-state index in [2.05, 4.69) is 31.3 Å². The summed E-state index contributed by atoms with van der Waals surface area (Å²) in [5.74, 6) is 2.37. The van der Waals surface area contributed by atoms with Crippen LogP contribution in [-0.4, -0.2) is 25.3 Å². The zero-order valence-corrected chi connectivity index (χ0v) is 10.4. The van der Waals surface area contributed by atoms with E-state index in [1.165, 1.54) is 12.0 Å². The van der Waals surface area contributed by atoms with Crippen molar-refractivity contribution in [2.45, 2.75) is 38.3 Å². The first-order valence-electron chi connectivity index (χ1n) is 6.39. The van der Waals surface area contributed by atoms with E-state index in [0.717, 1.165) is 11.5 Å². The van der Waals surface area contributed by atoms with Crippen molar-refractivity contribution in [3.05, 3.63) is 23.8 Å². The Morgan fingerprint density at radius 2 is 1.88 bits per heavy atom. The smallest absolute Gasteiger partial charge is 0.161 e. The summed E-state index contributed by atoms with van der Waals surface area (Å²) >= 11 is 0. The van der Waals surface area contributed by atoms with E-state index < -0.39 is 0 Å². The molecular weight excluding hydrogens is 214 g/mol. The van der Waals surface area contributed by atoms with Crippen molar-refractivity contribution < 1.29 is 9.47 Å². The van der Waals surface area contributed by atoms with E-state index in [1.54, 1.807) is 0 Å². The van der Waals surface area contributed by atoms with Gasteiger partial charge >= 0.3 is 0 Å². The van der Waals surface area contributed by atoms with Crippen LogP contribution in [0.4, 0.5) is 0 Å². The standard InChI is InChI=1S/C14H19NO2/c1-9-7-12(10(2)15-9)11-3-4-13-14(8-11)17-6-5-16-13/h3-4,8-10,12,15H,5-7H2,1-2H3. The van der Waals surface area contributed by atoms with Crippen molar-refractivity contribution >= 4 is 0 Å². The number of benzene rings is 1. The third-order valence-electron chi connectivity index (χ3n) is 3.75. The molecule has 2 aliphatic heterocycles. The second kappa shape index (κ2) is 4.22. The van der Waals surface area contributed by atoms with Crippen LogP contribution in [0.3, 0.4) is 0 Å². The Bertz CT molecular complexity index is 419. The molecule has 1 aromatic rings. The second-order valence-corrected chi connectivity index (χ2v) is 5.10. The van der Waals surface area contributed by atoms with Crippen molar-refractivity contribution in [1.82, 2.24) is 5.32 Å². The number of hydrogen-bond acceptors (Lipinski definition) is 3. The molecule has 0 radical (unpaired) electrons. The minimum atomic E-state index is 0.535. The highest BCUT2D eigenvalue weighted by atomic mass is 16.6. The lowest BCUT2D eigenvalue weighted by Crippen LogP contribution is -2.26. The van der Waals surface area contributed by atoms with Gasteiger partial charge in [0.1, 0.15) is 13.2 Å². The number of fused-ring (bicyclic) bond motifs is 1. The zero-order chi connectivity index (χ0) is 11.8. The van der Waals surface area contributed by atoms with Gasteiger partial charge in [-0.05, 0) is 38.0 Å². The fourth-order valence-electron chi connectivity index (χ4n) is 2.93. The molecule has 0 saturated carbocycles. The number of rotatable bonds is 1. The number of ether oxygens (including phenoxy) is 2. The van der Waals surface area contributed by atoms with Gasteiger partial charge in [-0.3, -0.25) is 0 Å².